The highest BCUT2D eigenvalue weighted by Gasteiger charge is 2.23. The zero-order valence-electron chi connectivity index (χ0n) is 8.23. The number of nitrogens with zero attached hydrogens (tertiary/aromatic N) is 1. The van der Waals surface area contributed by atoms with Gasteiger partial charge < -0.3 is 0 Å². The van der Waals surface area contributed by atoms with Crippen molar-refractivity contribution in [3.05, 3.63) is 29.3 Å². The van der Waals surface area contributed by atoms with Crippen LogP contribution in [0.5, 0.6) is 0 Å². The lowest BCUT2D eigenvalue weighted by molar-refractivity contribution is 0.586. The number of fused-ring (bicyclic) bond motifs is 1. The first-order chi connectivity index (χ1) is 7.13. The van der Waals surface area contributed by atoms with E-state index in [0.717, 1.165) is 17.5 Å². The van der Waals surface area contributed by atoms with Crippen LogP contribution in [-0.4, -0.2) is 14.2 Å². The van der Waals surface area contributed by atoms with Gasteiger partial charge >= 0.3 is 0 Å². The van der Waals surface area contributed by atoms with E-state index in [1.807, 2.05) is 6.07 Å². The molecule has 1 aromatic rings. The van der Waals surface area contributed by atoms with Gasteiger partial charge in [0, 0.05) is 0 Å². The van der Waals surface area contributed by atoms with E-state index >= 15 is 0 Å². The molecule has 0 unspecified atom stereocenters. The molecule has 15 heavy (non-hydrogen) atoms. The minimum Gasteiger partial charge on any atom is -0.224 e. The summed E-state index contributed by atoms with van der Waals surface area (Å²) in [7, 11) is -3.06. The van der Waals surface area contributed by atoms with Gasteiger partial charge in [0.05, 0.1) is 23.1 Å². The molecular formula is C11H11NO2S. The second-order valence-corrected chi connectivity index (χ2v) is 5.78. The average Bonchev–Trinajstić information content (AvgIpc) is 2.17. The predicted molar refractivity (Wildman–Crippen MR) is 56.1 cm³/mol. The summed E-state index contributed by atoms with van der Waals surface area (Å²) in [5, 5.41) is 8.56. The van der Waals surface area contributed by atoms with Crippen LogP contribution in [0.3, 0.4) is 0 Å². The van der Waals surface area contributed by atoms with E-state index in [2.05, 4.69) is 6.07 Å². The van der Waals surface area contributed by atoms with Crippen LogP contribution in [0, 0.1) is 11.3 Å². The fraction of sp³-hybridized carbons (Fsp3) is 0.364. The summed E-state index contributed by atoms with van der Waals surface area (Å²) in [6.45, 7) is 0. The van der Waals surface area contributed by atoms with Gasteiger partial charge in [-0.3, -0.25) is 0 Å². The molecule has 0 saturated heterocycles. The van der Waals surface area contributed by atoms with E-state index in [-0.39, 0.29) is 5.75 Å². The third-order valence-electron chi connectivity index (χ3n) is 2.60. The van der Waals surface area contributed by atoms with Gasteiger partial charge in [-0.1, -0.05) is 12.1 Å². The largest absolute Gasteiger partial charge is 0.224 e. The molecule has 0 spiro atoms. The van der Waals surface area contributed by atoms with Crippen LogP contribution in [0.25, 0.3) is 0 Å². The number of hydrogen-bond donors (Lipinski definition) is 0. The lowest BCUT2D eigenvalue weighted by Crippen LogP contribution is -2.16. The minimum absolute atomic E-state index is 0.248. The van der Waals surface area contributed by atoms with E-state index in [4.69, 9.17) is 5.26 Å². The average molecular weight is 221 g/mol. The molecule has 1 aromatic carbocycles. The van der Waals surface area contributed by atoms with Crippen molar-refractivity contribution in [2.45, 2.75) is 24.2 Å². The smallest absolute Gasteiger partial charge is 0.178 e. The van der Waals surface area contributed by atoms with Gasteiger partial charge in [0.15, 0.2) is 9.84 Å². The fourth-order valence-corrected chi connectivity index (χ4v) is 3.48. The Morgan fingerprint density at radius 3 is 2.93 bits per heavy atom. The van der Waals surface area contributed by atoms with Crippen LogP contribution in [0.1, 0.15) is 17.5 Å². The molecule has 0 bridgehead atoms. The van der Waals surface area contributed by atoms with Crippen molar-refractivity contribution in [3.8, 4) is 6.07 Å². The maximum Gasteiger partial charge on any atom is 0.178 e. The van der Waals surface area contributed by atoms with Gasteiger partial charge in [0.2, 0.25) is 0 Å². The Morgan fingerprint density at radius 1 is 1.40 bits per heavy atom. The van der Waals surface area contributed by atoms with Crippen molar-refractivity contribution >= 4 is 9.84 Å². The van der Waals surface area contributed by atoms with Crippen LogP contribution in [0.15, 0.2) is 23.1 Å². The van der Waals surface area contributed by atoms with Crippen molar-refractivity contribution in [1.82, 2.24) is 0 Å². The van der Waals surface area contributed by atoms with Crippen molar-refractivity contribution in [2.75, 3.05) is 5.75 Å². The Hall–Kier alpha value is -1.34. The quantitative estimate of drug-likeness (QED) is 0.721. The van der Waals surface area contributed by atoms with E-state index in [0.29, 0.717) is 17.7 Å². The Bertz CT molecular complexity index is 526. The van der Waals surface area contributed by atoms with Crippen LogP contribution >= 0.6 is 0 Å². The molecule has 0 amide bonds. The molecule has 0 fully saturated rings. The van der Waals surface area contributed by atoms with Gasteiger partial charge in [-0.05, 0) is 30.0 Å². The van der Waals surface area contributed by atoms with Gasteiger partial charge in [-0.25, -0.2) is 8.42 Å². The molecule has 0 radical (unpaired) electrons. The van der Waals surface area contributed by atoms with Crippen molar-refractivity contribution in [1.29, 1.82) is 5.26 Å². The first-order valence-corrected chi connectivity index (χ1v) is 6.50. The summed E-state index contributed by atoms with van der Waals surface area (Å²) >= 11 is 0. The van der Waals surface area contributed by atoms with E-state index in [1.54, 1.807) is 12.1 Å². The van der Waals surface area contributed by atoms with Crippen molar-refractivity contribution < 1.29 is 8.42 Å². The lowest BCUT2D eigenvalue weighted by atomic mass is 10.0. The molecule has 0 N–H and O–H groups in total. The molecule has 78 valence electrons. The molecule has 0 aliphatic carbocycles. The zero-order valence-corrected chi connectivity index (χ0v) is 9.05. The molecule has 1 heterocycles. The predicted octanol–water partition coefficient (Wildman–Crippen LogP) is 1.47. The third kappa shape index (κ3) is 1.88. The lowest BCUT2D eigenvalue weighted by Gasteiger charge is -2.16. The van der Waals surface area contributed by atoms with E-state index in [9.17, 15) is 8.42 Å². The zero-order chi connectivity index (χ0) is 10.9. The molecular weight excluding hydrogens is 210 g/mol. The van der Waals surface area contributed by atoms with Crippen molar-refractivity contribution in [3.63, 3.8) is 0 Å². The number of nitriles is 1. The molecule has 0 atom stereocenters. The van der Waals surface area contributed by atoms with Crippen molar-refractivity contribution in [2.24, 2.45) is 0 Å². The molecule has 2 rings (SSSR count). The standard InChI is InChI=1S/C11H11NO2S/c12-6-5-9-3-4-11-10(8-9)2-1-7-15(11,13)14/h3-4,8H,1-2,5,7H2. The van der Waals surface area contributed by atoms with Crippen LogP contribution < -0.4 is 0 Å². The summed E-state index contributed by atoms with van der Waals surface area (Å²) in [6.07, 6.45) is 1.83. The SMILES string of the molecule is N#CCc1ccc2c(c1)CCCS2(=O)=O. The van der Waals surface area contributed by atoms with Gasteiger partial charge in [-0.15, -0.1) is 0 Å². The third-order valence-corrected chi connectivity index (χ3v) is 4.50. The van der Waals surface area contributed by atoms with Crippen LogP contribution in [0.4, 0.5) is 0 Å². The summed E-state index contributed by atoms with van der Waals surface area (Å²) in [4.78, 5) is 0.454. The summed E-state index contributed by atoms with van der Waals surface area (Å²) in [5.41, 5.74) is 1.77. The number of sulfone groups is 1. The Labute approximate surface area is 89.3 Å². The molecule has 3 nitrogen and oxygen atoms in total. The maximum atomic E-state index is 11.7. The van der Waals surface area contributed by atoms with Gasteiger partial charge in [0.25, 0.3) is 0 Å². The second kappa shape index (κ2) is 3.67. The monoisotopic (exact) mass is 221 g/mol. The van der Waals surface area contributed by atoms with Crippen LogP contribution in [-0.2, 0) is 22.7 Å². The highest BCUT2D eigenvalue weighted by Crippen LogP contribution is 2.25. The Balaban J connectivity index is 2.51. The maximum absolute atomic E-state index is 11.7. The normalized spacial score (nSPS) is 17.8. The van der Waals surface area contributed by atoms with Gasteiger partial charge in [0.1, 0.15) is 0 Å². The number of aryl methyl sites for hydroxylation is 1. The Kier molecular flexibility index (Phi) is 2.49. The minimum atomic E-state index is -3.06. The highest BCUT2D eigenvalue weighted by atomic mass is 32.2. The van der Waals surface area contributed by atoms with Gasteiger partial charge in [-0.2, -0.15) is 5.26 Å². The molecule has 0 aromatic heterocycles. The van der Waals surface area contributed by atoms with E-state index in [1.165, 1.54) is 0 Å². The number of rotatable bonds is 1. The summed E-state index contributed by atoms with van der Waals surface area (Å²) in [6, 6.07) is 7.27. The molecule has 0 saturated carbocycles. The fourth-order valence-electron chi connectivity index (χ4n) is 1.90. The summed E-state index contributed by atoms with van der Waals surface area (Å²) in [5.74, 6) is 0.248. The first kappa shape index (κ1) is 10.2. The summed E-state index contributed by atoms with van der Waals surface area (Å²) < 4.78 is 23.4. The molecule has 4 heteroatoms. The topological polar surface area (TPSA) is 57.9 Å². The molecule has 1 aliphatic rings. The number of hydrogen-bond acceptors (Lipinski definition) is 3. The second-order valence-electron chi connectivity index (χ2n) is 3.70. The molecule has 1 aliphatic heterocycles. The first-order valence-electron chi connectivity index (χ1n) is 4.85. The Morgan fingerprint density at radius 2 is 2.20 bits per heavy atom. The van der Waals surface area contributed by atoms with E-state index < -0.39 is 9.84 Å². The van der Waals surface area contributed by atoms with Crippen LogP contribution in [0.2, 0.25) is 0 Å². The number of benzene rings is 1. The highest BCUT2D eigenvalue weighted by molar-refractivity contribution is 7.91.